The molecule has 1 aromatic carbocycles. The van der Waals surface area contributed by atoms with E-state index in [0.717, 1.165) is 5.56 Å². The number of hydrogen-bond donors (Lipinski definition) is 0. The second kappa shape index (κ2) is 4.05. The fourth-order valence-corrected chi connectivity index (χ4v) is 1.57. The first-order valence-electron chi connectivity index (χ1n) is 3.69. The van der Waals surface area contributed by atoms with E-state index in [2.05, 4.69) is 15.9 Å². The zero-order chi connectivity index (χ0) is 10.0. The molecule has 1 rings (SSSR count). The Hall–Kier alpha value is -0.640. The van der Waals surface area contributed by atoms with Crippen LogP contribution in [0.3, 0.4) is 0 Å². The van der Waals surface area contributed by atoms with Gasteiger partial charge in [0, 0.05) is 0 Å². The van der Waals surface area contributed by atoms with Gasteiger partial charge in [-0.05, 0) is 34.5 Å². The molecule has 0 aromatic heterocycles. The van der Waals surface area contributed by atoms with Gasteiger partial charge in [-0.2, -0.15) is 0 Å². The van der Waals surface area contributed by atoms with E-state index < -0.39 is 6.43 Å². The quantitative estimate of drug-likeness (QED) is 0.778. The molecule has 1 nitrogen and oxygen atoms in total. The maximum Gasteiger partial charge on any atom is 0.267 e. The topological polar surface area (TPSA) is 9.23 Å². The number of halogens is 3. The van der Waals surface area contributed by atoms with Gasteiger partial charge in [-0.15, -0.1) is 0 Å². The highest BCUT2D eigenvalue weighted by atomic mass is 79.9. The Bertz CT molecular complexity index is 313. The Morgan fingerprint density at radius 1 is 1.38 bits per heavy atom. The predicted molar refractivity (Wildman–Crippen MR) is 50.4 cm³/mol. The number of aryl methyl sites for hydroxylation is 1. The van der Waals surface area contributed by atoms with Crippen LogP contribution in [0.5, 0.6) is 5.75 Å². The minimum atomic E-state index is -2.51. The molecule has 4 heteroatoms. The van der Waals surface area contributed by atoms with Gasteiger partial charge in [-0.3, -0.25) is 0 Å². The normalized spacial score (nSPS) is 10.6. The van der Waals surface area contributed by atoms with Crippen LogP contribution in [-0.4, -0.2) is 7.11 Å². The number of hydrogen-bond acceptors (Lipinski definition) is 1. The zero-order valence-corrected chi connectivity index (χ0v) is 8.86. The predicted octanol–water partition coefficient (Wildman–Crippen LogP) is 3.70. The zero-order valence-electron chi connectivity index (χ0n) is 7.27. The van der Waals surface area contributed by atoms with Crippen molar-refractivity contribution in [1.29, 1.82) is 0 Å². The molecule has 0 spiro atoms. The lowest BCUT2D eigenvalue weighted by molar-refractivity contribution is 0.147. The Morgan fingerprint density at radius 3 is 2.46 bits per heavy atom. The molecule has 0 atom stereocenters. The highest BCUT2D eigenvalue weighted by Crippen LogP contribution is 2.37. The number of rotatable bonds is 2. The molecule has 0 fully saturated rings. The maximum atomic E-state index is 12.4. The number of benzene rings is 1. The van der Waals surface area contributed by atoms with Crippen molar-refractivity contribution < 1.29 is 13.5 Å². The van der Waals surface area contributed by atoms with E-state index in [1.54, 1.807) is 6.07 Å². The van der Waals surface area contributed by atoms with Crippen LogP contribution >= 0.6 is 15.9 Å². The number of methoxy groups -OCH3 is 1. The standard InChI is InChI=1S/C9H9BrF2O/c1-5-3-4-6(9(11)12)8(13-2)7(5)10/h3-4,9H,1-2H3. The minimum Gasteiger partial charge on any atom is -0.495 e. The Labute approximate surface area is 83.8 Å². The first-order chi connectivity index (χ1) is 6.07. The Kier molecular flexibility index (Phi) is 3.25. The van der Waals surface area contributed by atoms with Crippen LogP contribution < -0.4 is 4.74 Å². The van der Waals surface area contributed by atoms with Gasteiger partial charge in [0.25, 0.3) is 6.43 Å². The van der Waals surface area contributed by atoms with Crippen LogP contribution in [0, 0.1) is 6.92 Å². The molecule has 0 radical (unpaired) electrons. The third-order valence-electron chi connectivity index (χ3n) is 1.76. The fourth-order valence-electron chi connectivity index (χ4n) is 1.05. The molecule has 0 aliphatic rings. The van der Waals surface area contributed by atoms with Crippen LogP contribution in [-0.2, 0) is 0 Å². The first kappa shape index (κ1) is 10.4. The monoisotopic (exact) mass is 250 g/mol. The van der Waals surface area contributed by atoms with E-state index >= 15 is 0 Å². The lowest BCUT2D eigenvalue weighted by Gasteiger charge is -2.11. The highest BCUT2D eigenvalue weighted by molar-refractivity contribution is 9.10. The van der Waals surface area contributed by atoms with E-state index in [1.165, 1.54) is 13.2 Å². The molecule has 0 aliphatic carbocycles. The van der Waals surface area contributed by atoms with Crippen LogP contribution in [0.25, 0.3) is 0 Å². The van der Waals surface area contributed by atoms with Crippen LogP contribution in [0.15, 0.2) is 16.6 Å². The summed E-state index contributed by atoms with van der Waals surface area (Å²) in [5.41, 5.74) is 0.793. The summed E-state index contributed by atoms with van der Waals surface area (Å²) in [5, 5.41) is 0. The van der Waals surface area contributed by atoms with Gasteiger partial charge >= 0.3 is 0 Å². The largest absolute Gasteiger partial charge is 0.495 e. The van der Waals surface area contributed by atoms with Crippen molar-refractivity contribution in [2.75, 3.05) is 7.11 Å². The van der Waals surface area contributed by atoms with Crippen LogP contribution in [0.1, 0.15) is 17.6 Å². The van der Waals surface area contributed by atoms with Crippen molar-refractivity contribution >= 4 is 15.9 Å². The lowest BCUT2D eigenvalue weighted by atomic mass is 10.1. The van der Waals surface area contributed by atoms with Gasteiger partial charge in [0.2, 0.25) is 0 Å². The fraction of sp³-hybridized carbons (Fsp3) is 0.333. The average Bonchev–Trinajstić information content (AvgIpc) is 2.09. The Balaban J connectivity index is 3.30. The summed E-state index contributed by atoms with van der Waals surface area (Å²) in [6.07, 6.45) is -2.51. The summed E-state index contributed by atoms with van der Waals surface area (Å²) in [6.45, 7) is 1.82. The molecule has 72 valence electrons. The summed E-state index contributed by atoms with van der Waals surface area (Å²) >= 11 is 3.20. The minimum absolute atomic E-state index is 0.0834. The molecule has 0 bridgehead atoms. The van der Waals surface area contributed by atoms with E-state index in [1.807, 2.05) is 6.92 Å². The molecular weight excluding hydrogens is 242 g/mol. The highest BCUT2D eigenvalue weighted by Gasteiger charge is 2.16. The van der Waals surface area contributed by atoms with Gasteiger partial charge in [-0.1, -0.05) is 6.07 Å². The lowest BCUT2D eigenvalue weighted by Crippen LogP contribution is -1.94. The van der Waals surface area contributed by atoms with Crippen molar-refractivity contribution in [3.63, 3.8) is 0 Å². The third kappa shape index (κ3) is 1.99. The van der Waals surface area contributed by atoms with Crippen molar-refractivity contribution in [1.82, 2.24) is 0 Å². The van der Waals surface area contributed by atoms with Gasteiger partial charge in [0.05, 0.1) is 17.1 Å². The molecule has 13 heavy (non-hydrogen) atoms. The van der Waals surface area contributed by atoms with E-state index in [9.17, 15) is 8.78 Å². The average molecular weight is 251 g/mol. The first-order valence-corrected chi connectivity index (χ1v) is 4.48. The second-order valence-electron chi connectivity index (χ2n) is 2.62. The van der Waals surface area contributed by atoms with Crippen molar-refractivity contribution in [3.8, 4) is 5.75 Å². The molecule has 0 amide bonds. The van der Waals surface area contributed by atoms with Gasteiger partial charge < -0.3 is 4.74 Å². The van der Waals surface area contributed by atoms with Crippen LogP contribution in [0.2, 0.25) is 0 Å². The van der Waals surface area contributed by atoms with Gasteiger partial charge in [0.1, 0.15) is 5.75 Å². The molecule has 0 saturated carbocycles. The molecule has 0 unspecified atom stereocenters. The molecule has 0 heterocycles. The maximum absolute atomic E-state index is 12.4. The van der Waals surface area contributed by atoms with Crippen LogP contribution in [0.4, 0.5) is 8.78 Å². The summed E-state index contributed by atoms with van der Waals surface area (Å²) in [6, 6.07) is 3.01. The molecule has 1 aromatic rings. The van der Waals surface area contributed by atoms with E-state index in [4.69, 9.17) is 4.74 Å². The number of ether oxygens (including phenoxy) is 1. The number of alkyl halides is 2. The molecule has 0 N–H and O–H groups in total. The van der Waals surface area contributed by atoms with E-state index in [0.29, 0.717) is 4.47 Å². The second-order valence-corrected chi connectivity index (χ2v) is 3.41. The summed E-state index contributed by atoms with van der Waals surface area (Å²) in [4.78, 5) is 0. The van der Waals surface area contributed by atoms with Gasteiger partial charge in [-0.25, -0.2) is 8.78 Å². The van der Waals surface area contributed by atoms with Crippen molar-refractivity contribution in [2.24, 2.45) is 0 Å². The summed E-state index contributed by atoms with van der Waals surface area (Å²) in [7, 11) is 1.38. The van der Waals surface area contributed by atoms with Crippen molar-refractivity contribution in [3.05, 3.63) is 27.7 Å². The molecular formula is C9H9BrF2O. The Morgan fingerprint density at radius 2 is 2.00 bits per heavy atom. The third-order valence-corrected chi connectivity index (χ3v) is 2.75. The molecule has 0 aliphatic heterocycles. The molecule has 0 saturated heterocycles. The van der Waals surface area contributed by atoms with Gasteiger partial charge in [0.15, 0.2) is 0 Å². The SMILES string of the molecule is COc1c(C(F)F)ccc(C)c1Br. The summed E-state index contributed by atoms with van der Waals surface area (Å²) in [5.74, 6) is 0.218. The smallest absolute Gasteiger partial charge is 0.267 e. The van der Waals surface area contributed by atoms with Crippen molar-refractivity contribution in [2.45, 2.75) is 13.3 Å². The summed E-state index contributed by atoms with van der Waals surface area (Å²) < 4.78 is 30.3. The van der Waals surface area contributed by atoms with E-state index in [-0.39, 0.29) is 11.3 Å².